The summed E-state index contributed by atoms with van der Waals surface area (Å²) >= 11 is 0. The number of hydrogen-bond donors (Lipinski definition) is 1. The molecular formula is C40H47N3O3. The average Bonchev–Trinajstić information content (AvgIpc) is 3.13. The molecule has 6 nitrogen and oxygen atoms in total. The number of piperidine rings is 1. The number of nitrogens with one attached hydrogen (secondary N) is 1. The highest BCUT2D eigenvalue weighted by Gasteiger charge is 2.39. The molecule has 1 saturated heterocycles. The first-order valence-corrected chi connectivity index (χ1v) is 17.0. The smallest absolute Gasteiger partial charge is 0.410 e. The summed E-state index contributed by atoms with van der Waals surface area (Å²) in [5.74, 6) is 0.528. The van der Waals surface area contributed by atoms with E-state index in [1.807, 2.05) is 72.6 Å². The van der Waals surface area contributed by atoms with E-state index in [-0.39, 0.29) is 23.5 Å². The Hall–Kier alpha value is -4.16. The van der Waals surface area contributed by atoms with Crippen molar-refractivity contribution in [2.75, 3.05) is 33.2 Å². The van der Waals surface area contributed by atoms with Crippen molar-refractivity contribution in [3.63, 3.8) is 0 Å². The van der Waals surface area contributed by atoms with Crippen LogP contribution < -0.4 is 5.32 Å². The van der Waals surface area contributed by atoms with E-state index in [2.05, 4.69) is 52.7 Å². The quantitative estimate of drug-likeness (QED) is 0.197. The fourth-order valence-corrected chi connectivity index (χ4v) is 7.53. The van der Waals surface area contributed by atoms with Gasteiger partial charge in [0.15, 0.2) is 0 Å². The van der Waals surface area contributed by atoms with E-state index in [9.17, 15) is 9.59 Å². The number of ether oxygens (including phenoxy) is 1. The third-order valence-electron chi connectivity index (χ3n) is 10.5. The van der Waals surface area contributed by atoms with Crippen LogP contribution in [0.3, 0.4) is 0 Å². The van der Waals surface area contributed by atoms with E-state index in [0.717, 1.165) is 93.0 Å². The molecule has 0 radical (unpaired) electrons. The largest absolute Gasteiger partial charge is 0.445 e. The summed E-state index contributed by atoms with van der Waals surface area (Å²) in [5, 5.41) is 5.33. The first-order valence-electron chi connectivity index (χ1n) is 17.0. The van der Waals surface area contributed by atoms with Crippen molar-refractivity contribution < 1.29 is 14.3 Å². The molecule has 0 bridgehead atoms. The van der Waals surface area contributed by atoms with Gasteiger partial charge in [0, 0.05) is 25.2 Å². The van der Waals surface area contributed by atoms with Gasteiger partial charge >= 0.3 is 6.09 Å². The van der Waals surface area contributed by atoms with Crippen LogP contribution in [0.2, 0.25) is 0 Å². The molecule has 6 rings (SSSR count). The van der Waals surface area contributed by atoms with Crippen LogP contribution in [0, 0.1) is 5.92 Å². The van der Waals surface area contributed by atoms with Gasteiger partial charge in [-0.05, 0) is 104 Å². The van der Waals surface area contributed by atoms with Gasteiger partial charge in [0.2, 0.25) is 0 Å². The van der Waals surface area contributed by atoms with E-state index < -0.39 is 0 Å². The Kier molecular flexibility index (Phi) is 10.3. The first kappa shape index (κ1) is 31.8. The van der Waals surface area contributed by atoms with Crippen molar-refractivity contribution in [1.82, 2.24) is 15.1 Å². The second-order valence-electron chi connectivity index (χ2n) is 13.3. The van der Waals surface area contributed by atoms with Gasteiger partial charge in [0.05, 0.1) is 0 Å². The van der Waals surface area contributed by atoms with Crippen LogP contribution in [0.15, 0.2) is 103 Å². The second-order valence-corrected chi connectivity index (χ2v) is 13.3. The van der Waals surface area contributed by atoms with Gasteiger partial charge in [-0.3, -0.25) is 4.79 Å². The summed E-state index contributed by atoms with van der Waals surface area (Å²) in [4.78, 5) is 30.4. The van der Waals surface area contributed by atoms with Crippen LogP contribution in [0.4, 0.5) is 4.79 Å². The number of likely N-dealkylation sites (tertiary alicyclic amines) is 1. The topological polar surface area (TPSA) is 61.9 Å². The lowest BCUT2D eigenvalue weighted by Crippen LogP contribution is -2.45. The monoisotopic (exact) mass is 617 g/mol. The molecule has 46 heavy (non-hydrogen) atoms. The zero-order valence-corrected chi connectivity index (χ0v) is 27.1. The summed E-state index contributed by atoms with van der Waals surface area (Å²) < 4.78 is 5.64. The third kappa shape index (κ3) is 7.61. The molecule has 4 aromatic carbocycles. The van der Waals surface area contributed by atoms with Gasteiger partial charge in [0.1, 0.15) is 6.61 Å². The van der Waals surface area contributed by atoms with Crippen LogP contribution in [0.5, 0.6) is 0 Å². The molecule has 2 aliphatic rings. The van der Waals surface area contributed by atoms with E-state index in [4.69, 9.17) is 4.74 Å². The number of amides is 2. The standard InChI is InChI=1S/C40H47N3O3/c1-42(39(45)46-30-32-11-4-2-5-12-32)35-19-23-40(24-20-35,34-15-6-3-7-16-34)25-28-43-26-21-31(22-27-43)29-41-38(44)37-18-10-14-33-13-8-9-17-36(33)37/h2-18,31,35H,19-30H2,1H3,(H,41,44). The Labute approximate surface area is 273 Å². The summed E-state index contributed by atoms with van der Waals surface area (Å²) in [5.41, 5.74) is 3.31. The number of hydrogen-bond acceptors (Lipinski definition) is 4. The molecule has 1 aliphatic heterocycles. The maximum absolute atomic E-state index is 13.1. The fraction of sp³-hybridized carbons (Fsp3) is 0.400. The van der Waals surface area contributed by atoms with E-state index >= 15 is 0 Å². The molecule has 2 amide bonds. The number of nitrogens with zero attached hydrogens (tertiary/aromatic N) is 2. The normalized spacial score (nSPS) is 20.7. The minimum atomic E-state index is -0.239. The molecule has 2 fully saturated rings. The van der Waals surface area contributed by atoms with E-state index in [1.165, 1.54) is 5.56 Å². The summed E-state index contributed by atoms with van der Waals surface area (Å²) in [6, 6.07) is 35.1. The summed E-state index contributed by atoms with van der Waals surface area (Å²) in [7, 11) is 1.89. The SMILES string of the molecule is CN(C(=O)OCc1ccccc1)C1CCC(CCN2CCC(CNC(=O)c3cccc4ccccc34)CC2)(c2ccccc2)CC1. The molecule has 0 unspecified atom stereocenters. The predicted molar refractivity (Wildman–Crippen MR) is 185 cm³/mol. The van der Waals surface area contributed by atoms with Crippen molar-refractivity contribution in [3.8, 4) is 0 Å². The van der Waals surface area contributed by atoms with Crippen LogP contribution in [0.25, 0.3) is 10.8 Å². The maximum atomic E-state index is 13.1. The highest BCUT2D eigenvalue weighted by atomic mass is 16.6. The van der Waals surface area contributed by atoms with Gasteiger partial charge < -0.3 is 19.9 Å². The molecule has 240 valence electrons. The average molecular weight is 618 g/mol. The molecule has 4 aromatic rings. The van der Waals surface area contributed by atoms with E-state index in [1.54, 1.807) is 0 Å². The molecule has 1 aliphatic carbocycles. The number of fused-ring (bicyclic) bond motifs is 1. The van der Waals surface area contributed by atoms with Crippen molar-refractivity contribution >= 4 is 22.8 Å². The molecule has 1 N–H and O–H groups in total. The van der Waals surface area contributed by atoms with Crippen LogP contribution in [-0.2, 0) is 16.8 Å². The molecular weight excluding hydrogens is 570 g/mol. The lowest BCUT2D eigenvalue weighted by Gasteiger charge is -2.44. The van der Waals surface area contributed by atoms with Crippen LogP contribution >= 0.6 is 0 Å². The number of carbonyl (C=O) groups excluding carboxylic acids is 2. The Morgan fingerprint density at radius 1 is 0.826 bits per heavy atom. The summed E-state index contributed by atoms with van der Waals surface area (Å²) in [6.45, 7) is 4.24. The zero-order valence-electron chi connectivity index (χ0n) is 27.1. The lowest BCUT2D eigenvalue weighted by atomic mass is 9.66. The first-order chi connectivity index (χ1) is 22.5. The van der Waals surface area contributed by atoms with Crippen molar-refractivity contribution in [3.05, 3.63) is 120 Å². The van der Waals surface area contributed by atoms with Gasteiger partial charge in [-0.1, -0.05) is 97.1 Å². The minimum absolute atomic E-state index is 0.0229. The number of carbonyl (C=O) groups is 2. The highest BCUT2D eigenvalue weighted by Crippen LogP contribution is 2.43. The van der Waals surface area contributed by atoms with Crippen LogP contribution in [0.1, 0.15) is 66.4 Å². The highest BCUT2D eigenvalue weighted by molar-refractivity contribution is 6.07. The predicted octanol–water partition coefficient (Wildman–Crippen LogP) is 7.82. The van der Waals surface area contributed by atoms with E-state index in [0.29, 0.717) is 12.5 Å². The fourth-order valence-electron chi connectivity index (χ4n) is 7.53. The summed E-state index contributed by atoms with van der Waals surface area (Å²) in [6.07, 6.45) is 7.17. The number of benzene rings is 4. The lowest BCUT2D eigenvalue weighted by molar-refractivity contribution is 0.0727. The van der Waals surface area contributed by atoms with Gasteiger partial charge in [-0.25, -0.2) is 4.79 Å². The van der Waals surface area contributed by atoms with Crippen LogP contribution in [-0.4, -0.2) is 61.1 Å². The Morgan fingerprint density at radius 3 is 2.22 bits per heavy atom. The third-order valence-corrected chi connectivity index (χ3v) is 10.5. The molecule has 0 atom stereocenters. The molecule has 6 heteroatoms. The molecule has 1 saturated carbocycles. The minimum Gasteiger partial charge on any atom is -0.445 e. The molecule has 0 spiro atoms. The molecule has 1 heterocycles. The van der Waals surface area contributed by atoms with Gasteiger partial charge in [0.25, 0.3) is 5.91 Å². The van der Waals surface area contributed by atoms with Crippen molar-refractivity contribution in [2.45, 2.75) is 63.0 Å². The Morgan fingerprint density at radius 2 is 1.48 bits per heavy atom. The van der Waals surface area contributed by atoms with Crippen molar-refractivity contribution in [2.24, 2.45) is 5.92 Å². The zero-order chi connectivity index (χ0) is 31.8. The number of rotatable bonds is 10. The van der Waals surface area contributed by atoms with Gasteiger partial charge in [-0.15, -0.1) is 0 Å². The van der Waals surface area contributed by atoms with Gasteiger partial charge in [-0.2, -0.15) is 0 Å². The second kappa shape index (κ2) is 15.0. The maximum Gasteiger partial charge on any atom is 0.410 e. The van der Waals surface area contributed by atoms with Crippen molar-refractivity contribution in [1.29, 1.82) is 0 Å². The Balaban J connectivity index is 0.986. The Bertz CT molecular complexity index is 1570. The molecule has 0 aromatic heterocycles.